The van der Waals surface area contributed by atoms with E-state index in [0.29, 0.717) is 9.90 Å². The molecule has 0 amide bonds. The molecule has 1 aromatic heterocycles. The zero-order chi connectivity index (χ0) is 10.1. The molecule has 2 nitrogen and oxygen atoms in total. The molecule has 0 radical (unpaired) electrons. The number of ether oxygens (including phenoxy) is 1. The Kier molecular flexibility index (Phi) is 2.44. The first-order valence-electron chi connectivity index (χ1n) is 3.97. The van der Waals surface area contributed by atoms with Gasteiger partial charge in [-0.15, -0.1) is 11.3 Å². The van der Waals surface area contributed by atoms with Gasteiger partial charge in [-0.05, 0) is 18.2 Å². The first-order chi connectivity index (χ1) is 6.76. The van der Waals surface area contributed by atoms with Crippen LogP contribution in [0.2, 0.25) is 5.02 Å². The Hall–Kier alpha value is -1.06. The number of thiophene rings is 1. The lowest BCUT2D eigenvalue weighted by Crippen LogP contribution is -1.80. The van der Waals surface area contributed by atoms with Gasteiger partial charge in [0.1, 0.15) is 5.75 Å². The topological polar surface area (TPSA) is 26.3 Å². The van der Waals surface area contributed by atoms with E-state index in [9.17, 15) is 4.79 Å². The second-order valence-corrected chi connectivity index (χ2v) is 4.22. The van der Waals surface area contributed by atoms with Crippen LogP contribution < -0.4 is 4.74 Å². The molecule has 0 fully saturated rings. The molecular formula is C10H7ClO2S. The molecule has 0 bridgehead atoms. The van der Waals surface area contributed by atoms with E-state index in [1.807, 2.05) is 18.2 Å². The predicted octanol–water partition coefficient (Wildman–Crippen LogP) is 3.38. The van der Waals surface area contributed by atoms with Crippen molar-refractivity contribution in [3.63, 3.8) is 0 Å². The van der Waals surface area contributed by atoms with Gasteiger partial charge in [0, 0.05) is 10.1 Å². The second kappa shape index (κ2) is 3.59. The predicted molar refractivity (Wildman–Crippen MR) is 58.8 cm³/mol. The molecule has 0 spiro atoms. The number of carbonyl (C=O) groups excluding carboxylic acids is 1. The fourth-order valence-electron chi connectivity index (χ4n) is 1.27. The van der Waals surface area contributed by atoms with Crippen LogP contribution in [0.1, 0.15) is 9.67 Å². The molecule has 14 heavy (non-hydrogen) atoms. The molecule has 0 N–H and O–H groups in total. The van der Waals surface area contributed by atoms with Crippen LogP contribution >= 0.6 is 22.9 Å². The molecule has 4 heteroatoms. The molecule has 0 aliphatic rings. The van der Waals surface area contributed by atoms with E-state index in [2.05, 4.69) is 0 Å². The van der Waals surface area contributed by atoms with Crippen molar-refractivity contribution in [2.45, 2.75) is 0 Å². The van der Waals surface area contributed by atoms with E-state index in [-0.39, 0.29) is 0 Å². The first-order valence-corrected chi connectivity index (χ1v) is 5.17. The number of benzene rings is 1. The SMILES string of the molecule is COc1ccc2sc(C=O)c(Cl)c2c1. The van der Waals surface area contributed by atoms with Crippen molar-refractivity contribution < 1.29 is 9.53 Å². The molecule has 0 atom stereocenters. The molecule has 2 rings (SSSR count). The summed E-state index contributed by atoms with van der Waals surface area (Å²) in [6.07, 6.45) is 0.777. The van der Waals surface area contributed by atoms with Gasteiger partial charge in [-0.1, -0.05) is 11.6 Å². The maximum Gasteiger partial charge on any atom is 0.161 e. The van der Waals surface area contributed by atoms with E-state index >= 15 is 0 Å². The van der Waals surface area contributed by atoms with Crippen molar-refractivity contribution in [2.24, 2.45) is 0 Å². The molecule has 0 aliphatic heterocycles. The van der Waals surface area contributed by atoms with Crippen molar-refractivity contribution in [3.8, 4) is 5.75 Å². The van der Waals surface area contributed by atoms with Crippen molar-refractivity contribution in [1.82, 2.24) is 0 Å². The third-order valence-electron chi connectivity index (χ3n) is 1.97. The highest BCUT2D eigenvalue weighted by Gasteiger charge is 2.09. The summed E-state index contributed by atoms with van der Waals surface area (Å²) < 4.78 is 6.08. The second-order valence-electron chi connectivity index (χ2n) is 2.76. The highest BCUT2D eigenvalue weighted by atomic mass is 35.5. The van der Waals surface area contributed by atoms with Crippen molar-refractivity contribution in [2.75, 3.05) is 7.11 Å². The zero-order valence-electron chi connectivity index (χ0n) is 7.41. The summed E-state index contributed by atoms with van der Waals surface area (Å²) in [4.78, 5) is 11.2. The minimum Gasteiger partial charge on any atom is -0.497 e. The lowest BCUT2D eigenvalue weighted by Gasteiger charge is -1.98. The zero-order valence-corrected chi connectivity index (χ0v) is 8.98. The molecular weight excluding hydrogens is 220 g/mol. The summed E-state index contributed by atoms with van der Waals surface area (Å²) in [6, 6.07) is 5.59. The van der Waals surface area contributed by atoms with Gasteiger partial charge in [0.15, 0.2) is 6.29 Å². The Morgan fingerprint density at radius 2 is 2.29 bits per heavy atom. The summed E-state index contributed by atoms with van der Waals surface area (Å²) in [5, 5.41) is 1.39. The van der Waals surface area contributed by atoms with Crippen LogP contribution in [0, 0.1) is 0 Å². The summed E-state index contributed by atoms with van der Waals surface area (Å²) >= 11 is 7.40. The quantitative estimate of drug-likeness (QED) is 0.734. The summed E-state index contributed by atoms with van der Waals surface area (Å²) in [6.45, 7) is 0. The number of hydrogen-bond donors (Lipinski definition) is 0. The molecule has 0 aliphatic carbocycles. The average Bonchev–Trinajstić information content (AvgIpc) is 2.55. The van der Waals surface area contributed by atoms with Gasteiger partial charge in [0.25, 0.3) is 0 Å². The number of fused-ring (bicyclic) bond motifs is 1. The van der Waals surface area contributed by atoms with Crippen LogP contribution in [-0.2, 0) is 0 Å². The van der Waals surface area contributed by atoms with Crippen LogP contribution in [0.5, 0.6) is 5.75 Å². The largest absolute Gasteiger partial charge is 0.497 e. The summed E-state index contributed by atoms with van der Waals surface area (Å²) in [5.41, 5.74) is 0. The van der Waals surface area contributed by atoms with Gasteiger partial charge in [0.2, 0.25) is 0 Å². The minimum atomic E-state index is 0.513. The molecule has 1 aromatic carbocycles. The van der Waals surface area contributed by atoms with E-state index in [1.54, 1.807) is 7.11 Å². The minimum absolute atomic E-state index is 0.513. The van der Waals surface area contributed by atoms with Crippen LogP contribution in [0.15, 0.2) is 18.2 Å². The Morgan fingerprint density at radius 3 is 2.93 bits per heavy atom. The summed E-state index contributed by atoms with van der Waals surface area (Å²) in [5.74, 6) is 0.745. The molecule has 72 valence electrons. The standard InChI is InChI=1S/C10H7ClO2S/c1-13-6-2-3-8-7(4-6)10(11)9(5-12)14-8/h2-5H,1H3. The molecule has 2 aromatic rings. The Morgan fingerprint density at radius 1 is 1.50 bits per heavy atom. The highest BCUT2D eigenvalue weighted by Crippen LogP contribution is 2.36. The maximum atomic E-state index is 10.6. The van der Waals surface area contributed by atoms with Crippen LogP contribution in [-0.4, -0.2) is 13.4 Å². The Bertz CT molecular complexity index is 490. The van der Waals surface area contributed by atoms with Gasteiger partial charge >= 0.3 is 0 Å². The van der Waals surface area contributed by atoms with Gasteiger partial charge in [-0.3, -0.25) is 4.79 Å². The third-order valence-corrected chi connectivity index (χ3v) is 3.58. The smallest absolute Gasteiger partial charge is 0.161 e. The first kappa shape index (κ1) is 9.49. The van der Waals surface area contributed by atoms with Crippen molar-refractivity contribution >= 4 is 39.3 Å². The number of methoxy groups -OCH3 is 1. The molecule has 1 heterocycles. The monoisotopic (exact) mass is 226 g/mol. The third kappa shape index (κ3) is 1.38. The number of hydrogen-bond acceptors (Lipinski definition) is 3. The Labute approximate surface area is 90.1 Å². The fraction of sp³-hybridized carbons (Fsp3) is 0.100. The van der Waals surface area contributed by atoms with Crippen LogP contribution in [0.25, 0.3) is 10.1 Å². The molecule has 0 saturated heterocycles. The van der Waals surface area contributed by atoms with E-state index in [4.69, 9.17) is 16.3 Å². The van der Waals surface area contributed by atoms with E-state index in [0.717, 1.165) is 22.1 Å². The van der Waals surface area contributed by atoms with Gasteiger partial charge in [-0.25, -0.2) is 0 Å². The lowest BCUT2D eigenvalue weighted by molar-refractivity contribution is 0.112. The van der Waals surface area contributed by atoms with E-state index < -0.39 is 0 Å². The average molecular weight is 227 g/mol. The fourth-order valence-corrected chi connectivity index (χ4v) is 2.53. The number of halogens is 1. The molecule has 0 unspecified atom stereocenters. The maximum absolute atomic E-state index is 10.6. The van der Waals surface area contributed by atoms with Gasteiger partial charge < -0.3 is 4.74 Å². The highest BCUT2D eigenvalue weighted by molar-refractivity contribution is 7.21. The number of carbonyl (C=O) groups is 1. The molecule has 0 saturated carbocycles. The van der Waals surface area contributed by atoms with Crippen molar-refractivity contribution in [1.29, 1.82) is 0 Å². The van der Waals surface area contributed by atoms with Crippen LogP contribution in [0.3, 0.4) is 0 Å². The van der Waals surface area contributed by atoms with Gasteiger partial charge in [0.05, 0.1) is 17.0 Å². The van der Waals surface area contributed by atoms with Crippen LogP contribution in [0.4, 0.5) is 0 Å². The summed E-state index contributed by atoms with van der Waals surface area (Å²) in [7, 11) is 1.60. The van der Waals surface area contributed by atoms with Gasteiger partial charge in [-0.2, -0.15) is 0 Å². The number of aldehydes is 1. The normalized spacial score (nSPS) is 10.4. The number of rotatable bonds is 2. The lowest BCUT2D eigenvalue weighted by atomic mass is 10.2. The Balaban J connectivity index is 2.74. The van der Waals surface area contributed by atoms with Crippen molar-refractivity contribution in [3.05, 3.63) is 28.1 Å². The van der Waals surface area contributed by atoms with E-state index in [1.165, 1.54) is 11.3 Å².